The number of amides is 1. The molecule has 9 heteroatoms. The standard InChI is InChI=1S/C23H20FN3O3S2/c1-14-11-16(24)5-8-18(14)25-20(28)13-32-23-26-19-9-10-31-21(19)22(29)27(23)12-15-3-6-17(30-2)7-4-15/h3-11H,12-13H2,1-2H3,(H,25,28). The van der Waals surface area contributed by atoms with E-state index in [4.69, 9.17) is 4.74 Å². The van der Waals surface area contributed by atoms with Crippen LogP contribution < -0.4 is 15.6 Å². The minimum atomic E-state index is -0.356. The van der Waals surface area contributed by atoms with E-state index >= 15 is 0 Å². The third kappa shape index (κ3) is 4.84. The van der Waals surface area contributed by atoms with Gasteiger partial charge in [0.2, 0.25) is 5.91 Å². The second kappa shape index (κ2) is 9.54. The topological polar surface area (TPSA) is 73.2 Å². The summed E-state index contributed by atoms with van der Waals surface area (Å²) in [6.45, 7) is 2.05. The van der Waals surface area contributed by atoms with Crippen LogP contribution in [0.5, 0.6) is 5.75 Å². The zero-order chi connectivity index (χ0) is 22.7. The minimum absolute atomic E-state index is 0.0571. The van der Waals surface area contributed by atoms with Crippen LogP contribution in [0.15, 0.2) is 63.9 Å². The zero-order valence-corrected chi connectivity index (χ0v) is 19.1. The first-order chi connectivity index (χ1) is 15.4. The number of benzene rings is 2. The molecule has 1 N–H and O–H groups in total. The van der Waals surface area contributed by atoms with Crippen LogP contribution >= 0.6 is 23.1 Å². The SMILES string of the molecule is COc1ccc(Cn2c(SCC(=O)Nc3ccc(F)cc3C)nc3ccsc3c2=O)cc1. The van der Waals surface area contributed by atoms with Crippen LogP contribution in [0.4, 0.5) is 10.1 Å². The van der Waals surface area contributed by atoms with Gasteiger partial charge in [0.1, 0.15) is 16.3 Å². The van der Waals surface area contributed by atoms with Crippen LogP contribution in [0.25, 0.3) is 10.2 Å². The summed E-state index contributed by atoms with van der Waals surface area (Å²) in [5.74, 6) is 0.169. The van der Waals surface area contributed by atoms with Crippen LogP contribution in [0.3, 0.4) is 0 Å². The Morgan fingerprint density at radius 2 is 2.00 bits per heavy atom. The average Bonchev–Trinajstić information content (AvgIpc) is 3.26. The van der Waals surface area contributed by atoms with E-state index in [-0.39, 0.29) is 23.0 Å². The van der Waals surface area contributed by atoms with Gasteiger partial charge in [-0.25, -0.2) is 9.37 Å². The number of ether oxygens (including phenoxy) is 1. The lowest BCUT2D eigenvalue weighted by Crippen LogP contribution is -2.24. The highest BCUT2D eigenvalue weighted by atomic mass is 32.2. The summed E-state index contributed by atoms with van der Waals surface area (Å²) in [4.78, 5) is 30.2. The predicted molar refractivity (Wildman–Crippen MR) is 126 cm³/mol. The van der Waals surface area contributed by atoms with E-state index in [0.29, 0.717) is 33.2 Å². The van der Waals surface area contributed by atoms with Crippen LogP contribution in [-0.2, 0) is 11.3 Å². The molecular formula is C23H20FN3O3S2. The summed E-state index contributed by atoms with van der Waals surface area (Å²) in [5.41, 5.74) is 2.58. The summed E-state index contributed by atoms with van der Waals surface area (Å²) in [7, 11) is 1.60. The van der Waals surface area contributed by atoms with E-state index in [2.05, 4.69) is 10.3 Å². The van der Waals surface area contributed by atoms with Crippen LogP contribution in [0.1, 0.15) is 11.1 Å². The van der Waals surface area contributed by atoms with Crippen molar-refractivity contribution >= 4 is 44.9 Å². The van der Waals surface area contributed by atoms with E-state index in [1.54, 1.807) is 24.7 Å². The molecule has 0 radical (unpaired) electrons. The molecule has 0 saturated carbocycles. The van der Waals surface area contributed by atoms with Crippen LogP contribution in [-0.4, -0.2) is 28.3 Å². The Labute approximate surface area is 192 Å². The second-order valence-corrected chi connectivity index (χ2v) is 8.92. The van der Waals surface area contributed by atoms with Gasteiger partial charge in [-0.15, -0.1) is 11.3 Å². The van der Waals surface area contributed by atoms with Crippen molar-refractivity contribution in [2.45, 2.75) is 18.6 Å². The molecule has 0 atom stereocenters. The molecule has 0 aliphatic carbocycles. The second-order valence-electron chi connectivity index (χ2n) is 7.06. The first-order valence-corrected chi connectivity index (χ1v) is 11.6. The lowest BCUT2D eigenvalue weighted by atomic mass is 10.2. The number of halogens is 1. The summed E-state index contributed by atoms with van der Waals surface area (Å²) in [5, 5.41) is 5.07. The molecule has 0 spiro atoms. The molecule has 0 aliphatic rings. The first kappa shape index (κ1) is 22.0. The van der Waals surface area contributed by atoms with Gasteiger partial charge in [0.15, 0.2) is 5.16 Å². The van der Waals surface area contributed by atoms with Crippen LogP contribution in [0, 0.1) is 12.7 Å². The van der Waals surface area contributed by atoms with Gasteiger partial charge in [-0.2, -0.15) is 0 Å². The maximum Gasteiger partial charge on any atom is 0.272 e. The fourth-order valence-corrected chi connectivity index (χ4v) is 4.75. The van der Waals surface area contributed by atoms with Crippen molar-refractivity contribution < 1.29 is 13.9 Å². The van der Waals surface area contributed by atoms with Gasteiger partial charge in [-0.1, -0.05) is 23.9 Å². The number of hydrogen-bond acceptors (Lipinski definition) is 6. The molecule has 0 aliphatic heterocycles. The minimum Gasteiger partial charge on any atom is -0.497 e. The number of fused-ring (bicyclic) bond motifs is 1. The maximum absolute atomic E-state index is 13.3. The lowest BCUT2D eigenvalue weighted by Gasteiger charge is -2.13. The van der Waals surface area contributed by atoms with Crippen molar-refractivity contribution in [3.63, 3.8) is 0 Å². The third-order valence-electron chi connectivity index (χ3n) is 4.83. The highest BCUT2D eigenvalue weighted by Crippen LogP contribution is 2.23. The van der Waals surface area contributed by atoms with Gasteiger partial charge in [-0.3, -0.25) is 14.2 Å². The number of aromatic nitrogens is 2. The highest BCUT2D eigenvalue weighted by Gasteiger charge is 2.15. The number of anilines is 1. The fourth-order valence-electron chi connectivity index (χ4n) is 3.17. The van der Waals surface area contributed by atoms with Crippen molar-refractivity contribution in [3.05, 3.63) is 81.2 Å². The number of nitrogens with zero attached hydrogens (tertiary/aromatic N) is 2. The molecule has 4 rings (SSSR count). The molecule has 1 amide bonds. The molecule has 32 heavy (non-hydrogen) atoms. The number of thioether (sulfide) groups is 1. The molecule has 2 aromatic heterocycles. The number of carbonyl (C=O) groups excluding carboxylic acids is 1. The van der Waals surface area contributed by atoms with Gasteiger partial charge in [0.25, 0.3) is 5.56 Å². The summed E-state index contributed by atoms with van der Waals surface area (Å²) in [6, 6.07) is 13.4. The van der Waals surface area contributed by atoms with Crippen molar-refractivity contribution in [2.75, 3.05) is 18.2 Å². The van der Waals surface area contributed by atoms with E-state index in [1.165, 1.54) is 41.3 Å². The molecule has 0 bridgehead atoms. The number of hydrogen-bond donors (Lipinski definition) is 1. The maximum atomic E-state index is 13.3. The molecule has 0 unspecified atom stereocenters. The highest BCUT2D eigenvalue weighted by molar-refractivity contribution is 7.99. The molecule has 0 fully saturated rings. The molecule has 0 saturated heterocycles. The number of methoxy groups -OCH3 is 1. The van der Waals surface area contributed by atoms with Gasteiger partial charge in [0.05, 0.1) is 24.9 Å². The number of rotatable bonds is 7. The summed E-state index contributed by atoms with van der Waals surface area (Å²) in [6.07, 6.45) is 0. The van der Waals surface area contributed by atoms with E-state index in [1.807, 2.05) is 29.6 Å². The van der Waals surface area contributed by atoms with E-state index in [0.717, 1.165) is 11.3 Å². The summed E-state index contributed by atoms with van der Waals surface area (Å²) < 4.78 is 20.7. The smallest absolute Gasteiger partial charge is 0.272 e. The molecule has 2 aromatic carbocycles. The van der Waals surface area contributed by atoms with Gasteiger partial charge < -0.3 is 10.1 Å². The Hall–Kier alpha value is -3.17. The van der Waals surface area contributed by atoms with Gasteiger partial charge in [-0.05, 0) is 59.8 Å². The average molecular weight is 470 g/mol. The Bertz CT molecular complexity index is 1330. The molecular weight excluding hydrogens is 449 g/mol. The predicted octanol–water partition coefficient (Wildman–Crippen LogP) is 4.69. The van der Waals surface area contributed by atoms with Gasteiger partial charge >= 0.3 is 0 Å². The van der Waals surface area contributed by atoms with Crippen molar-refractivity contribution in [2.24, 2.45) is 0 Å². The summed E-state index contributed by atoms with van der Waals surface area (Å²) >= 11 is 2.54. The Kier molecular flexibility index (Phi) is 6.57. The Balaban J connectivity index is 1.57. The van der Waals surface area contributed by atoms with E-state index < -0.39 is 0 Å². The van der Waals surface area contributed by atoms with Crippen molar-refractivity contribution in [1.29, 1.82) is 0 Å². The number of thiophene rings is 1. The van der Waals surface area contributed by atoms with Crippen LogP contribution in [0.2, 0.25) is 0 Å². The number of aryl methyl sites for hydroxylation is 1. The largest absolute Gasteiger partial charge is 0.497 e. The lowest BCUT2D eigenvalue weighted by molar-refractivity contribution is -0.113. The Morgan fingerprint density at radius 3 is 2.72 bits per heavy atom. The fraction of sp³-hybridized carbons (Fsp3) is 0.174. The third-order valence-corrected chi connectivity index (χ3v) is 6.69. The molecule has 2 heterocycles. The molecule has 4 aromatic rings. The quantitative estimate of drug-likeness (QED) is 0.314. The Morgan fingerprint density at radius 1 is 1.22 bits per heavy atom. The van der Waals surface area contributed by atoms with Crippen molar-refractivity contribution in [3.8, 4) is 5.75 Å². The molecule has 164 valence electrons. The zero-order valence-electron chi connectivity index (χ0n) is 17.4. The van der Waals surface area contributed by atoms with Crippen molar-refractivity contribution in [1.82, 2.24) is 9.55 Å². The normalized spacial score (nSPS) is 11.0. The van der Waals surface area contributed by atoms with E-state index in [9.17, 15) is 14.0 Å². The monoisotopic (exact) mass is 469 g/mol. The van der Waals surface area contributed by atoms with Gasteiger partial charge in [0, 0.05) is 5.69 Å². The molecule has 6 nitrogen and oxygen atoms in total. The first-order valence-electron chi connectivity index (χ1n) is 9.74. The number of nitrogens with one attached hydrogen (secondary N) is 1. The number of carbonyl (C=O) groups is 1.